The van der Waals surface area contributed by atoms with E-state index in [1.54, 1.807) is 25.1 Å². The molecule has 1 amide bonds. The van der Waals surface area contributed by atoms with Gasteiger partial charge in [-0.15, -0.1) is 0 Å². The second-order valence-corrected chi connectivity index (χ2v) is 4.27. The summed E-state index contributed by atoms with van der Waals surface area (Å²) in [5.41, 5.74) is 8.11. The lowest BCUT2D eigenvalue weighted by molar-refractivity contribution is 0.0780. The molecule has 3 N–H and O–H groups in total. The van der Waals surface area contributed by atoms with Crippen molar-refractivity contribution in [3.8, 4) is 0 Å². The van der Waals surface area contributed by atoms with Gasteiger partial charge >= 0.3 is 0 Å². The van der Waals surface area contributed by atoms with Gasteiger partial charge in [-0.2, -0.15) is 5.10 Å². The van der Waals surface area contributed by atoms with Crippen molar-refractivity contribution >= 4 is 11.6 Å². The molecule has 0 saturated heterocycles. The van der Waals surface area contributed by atoms with Crippen LogP contribution in [0.1, 0.15) is 27.5 Å². The zero-order chi connectivity index (χ0) is 13.3. The highest BCUT2D eigenvalue weighted by Crippen LogP contribution is 2.17. The number of nitrogens with one attached hydrogen (secondary N) is 1. The number of hydrogen-bond donors (Lipinski definition) is 2. The average Bonchev–Trinajstić information content (AvgIpc) is 2.87. The third kappa shape index (κ3) is 2.09. The first-order valence-electron chi connectivity index (χ1n) is 5.59. The topological polar surface area (TPSA) is 88.2 Å². The van der Waals surface area contributed by atoms with Gasteiger partial charge in [0.1, 0.15) is 5.76 Å². The molecule has 2 aromatic heterocycles. The number of amides is 1. The largest absolute Gasteiger partial charge is 0.469 e. The van der Waals surface area contributed by atoms with Gasteiger partial charge in [0.05, 0.1) is 17.6 Å². The van der Waals surface area contributed by atoms with Crippen molar-refractivity contribution < 1.29 is 9.21 Å². The van der Waals surface area contributed by atoms with Crippen LogP contribution in [0.4, 0.5) is 5.69 Å². The van der Waals surface area contributed by atoms with Crippen LogP contribution >= 0.6 is 0 Å². The van der Waals surface area contributed by atoms with Gasteiger partial charge < -0.3 is 15.1 Å². The van der Waals surface area contributed by atoms with Crippen LogP contribution in [0.25, 0.3) is 0 Å². The van der Waals surface area contributed by atoms with E-state index in [0.29, 0.717) is 17.9 Å². The predicted octanol–water partition coefficient (Wildman–Crippen LogP) is 1.47. The molecule has 0 aliphatic carbocycles. The van der Waals surface area contributed by atoms with Gasteiger partial charge in [0.25, 0.3) is 5.91 Å². The molecule has 0 radical (unpaired) electrons. The quantitative estimate of drug-likeness (QED) is 0.861. The van der Waals surface area contributed by atoms with Gasteiger partial charge in [0.15, 0.2) is 5.69 Å². The molecule has 0 unspecified atom stereocenters. The van der Waals surface area contributed by atoms with Crippen molar-refractivity contribution in [3.63, 3.8) is 0 Å². The van der Waals surface area contributed by atoms with Gasteiger partial charge in [0, 0.05) is 19.2 Å². The molecule has 6 nitrogen and oxygen atoms in total. The summed E-state index contributed by atoms with van der Waals surface area (Å²) in [6.07, 6.45) is 1.61. The fourth-order valence-corrected chi connectivity index (χ4v) is 1.68. The lowest BCUT2D eigenvalue weighted by Gasteiger charge is -2.15. The highest BCUT2D eigenvalue weighted by Gasteiger charge is 2.20. The summed E-state index contributed by atoms with van der Waals surface area (Å²) >= 11 is 0. The summed E-state index contributed by atoms with van der Waals surface area (Å²) in [5.74, 6) is 0.596. The minimum Gasteiger partial charge on any atom is -0.469 e. The standard InChI is InChI=1S/C12H16N4O2/c1-7-10(13)11(15-14-7)12(17)16(3)6-9-4-5-18-8(9)2/h4-5H,6,13H2,1-3H3,(H,14,15). The molecule has 0 spiro atoms. The minimum atomic E-state index is -0.211. The molecule has 2 rings (SSSR count). The molecular weight excluding hydrogens is 232 g/mol. The maximum atomic E-state index is 12.1. The molecule has 0 aliphatic rings. The Balaban J connectivity index is 2.15. The number of nitrogens with two attached hydrogens (primary N) is 1. The third-order valence-corrected chi connectivity index (χ3v) is 2.92. The minimum absolute atomic E-state index is 0.211. The maximum Gasteiger partial charge on any atom is 0.276 e. The Bertz CT molecular complexity index is 570. The Hall–Kier alpha value is -2.24. The molecule has 18 heavy (non-hydrogen) atoms. The molecule has 2 aromatic rings. The number of carbonyl (C=O) groups is 1. The Morgan fingerprint density at radius 1 is 1.56 bits per heavy atom. The van der Waals surface area contributed by atoms with Crippen molar-refractivity contribution in [2.24, 2.45) is 0 Å². The zero-order valence-corrected chi connectivity index (χ0v) is 10.7. The number of nitrogens with zero attached hydrogens (tertiary/aromatic N) is 2. The van der Waals surface area contributed by atoms with Crippen molar-refractivity contribution in [1.29, 1.82) is 0 Å². The number of aromatic amines is 1. The summed E-state index contributed by atoms with van der Waals surface area (Å²) < 4.78 is 5.19. The molecule has 0 aliphatic heterocycles. The van der Waals surface area contributed by atoms with Crippen LogP contribution in [0.15, 0.2) is 16.7 Å². The second kappa shape index (κ2) is 4.56. The molecule has 0 saturated carbocycles. The van der Waals surface area contributed by atoms with Crippen LogP contribution in [0.5, 0.6) is 0 Å². The van der Waals surface area contributed by atoms with Crippen molar-refractivity contribution in [2.75, 3.05) is 12.8 Å². The smallest absolute Gasteiger partial charge is 0.276 e. The maximum absolute atomic E-state index is 12.1. The molecule has 6 heteroatoms. The molecular formula is C12H16N4O2. The molecule has 0 atom stereocenters. The van der Waals surface area contributed by atoms with E-state index in [9.17, 15) is 4.79 Å². The summed E-state index contributed by atoms with van der Waals surface area (Å²) in [7, 11) is 1.71. The number of rotatable bonds is 3. The van der Waals surface area contributed by atoms with Crippen LogP contribution in [0.2, 0.25) is 0 Å². The number of nitrogen functional groups attached to an aromatic ring is 1. The van der Waals surface area contributed by atoms with Gasteiger partial charge in [0.2, 0.25) is 0 Å². The third-order valence-electron chi connectivity index (χ3n) is 2.92. The van der Waals surface area contributed by atoms with Crippen molar-refractivity contribution in [3.05, 3.63) is 35.0 Å². The molecule has 0 aromatic carbocycles. The fourth-order valence-electron chi connectivity index (χ4n) is 1.68. The van der Waals surface area contributed by atoms with E-state index in [4.69, 9.17) is 10.2 Å². The van der Waals surface area contributed by atoms with Crippen LogP contribution in [-0.2, 0) is 6.54 Å². The van der Waals surface area contributed by atoms with Crippen LogP contribution < -0.4 is 5.73 Å². The molecule has 96 valence electrons. The number of aromatic nitrogens is 2. The van der Waals surface area contributed by atoms with E-state index in [-0.39, 0.29) is 11.6 Å². The van der Waals surface area contributed by atoms with Crippen LogP contribution in [0, 0.1) is 13.8 Å². The Morgan fingerprint density at radius 3 is 2.78 bits per heavy atom. The number of carbonyl (C=O) groups excluding carboxylic acids is 1. The van der Waals surface area contributed by atoms with Crippen LogP contribution in [0.3, 0.4) is 0 Å². The number of aryl methyl sites for hydroxylation is 2. The summed E-state index contributed by atoms with van der Waals surface area (Å²) in [5, 5.41) is 6.63. The highest BCUT2D eigenvalue weighted by atomic mass is 16.3. The predicted molar refractivity (Wildman–Crippen MR) is 67.0 cm³/mol. The van der Waals surface area contributed by atoms with Gasteiger partial charge in [-0.1, -0.05) is 0 Å². The number of hydrogen-bond acceptors (Lipinski definition) is 4. The summed E-state index contributed by atoms with van der Waals surface area (Å²) in [6, 6.07) is 1.85. The monoisotopic (exact) mass is 248 g/mol. The number of H-pyrrole nitrogens is 1. The van der Waals surface area contributed by atoms with Gasteiger partial charge in [-0.3, -0.25) is 9.89 Å². The van der Waals surface area contributed by atoms with Gasteiger partial charge in [-0.05, 0) is 19.9 Å². The summed E-state index contributed by atoms with van der Waals surface area (Å²) in [6.45, 7) is 4.10. The van der Waals surface area contributed by atoms with E-state index in [1.165, 1.54) is 0 Å². The Morgan fingerprint density at radius 2 is 2.28 bits per heavy atom. The lowest BCUT2D eigenvalue weighted by Crippen LogP contribution is -2.27. The number of furan rings is 1. The summed E-state index contributed by atoms with van der Waals surface area (Å²) in [4.78, 5) is 13.7. The number of anilines is 1. The molecule has 0 fully saturated rings. The average molecular weight is 248 g/mol. The normalized spacial score (nSPS) is 10.6. The Kier molecular flexibility index (Phi) is 3.10. The zero-order valence-electron chi connectivity index (χ0n) is 10.7. The SMILES string of the molecule is Cc1[nH]nc(C(=O)N(C)Cc2ccoc2C)c1N. The van der Waals surface area contributed by atoms with Crippen molar-refractivity contribution in [2.45, 2.75) is 20.4 Å². The van der Waals surface area contributed by atoms with Crippen LogP contribution in [-0.4, -0.2) is 28.1 Å². The van der Waals surface area contributed by atoms with E-state index in [0.717, 1.165) is 11.3 Å². The first-order valence-corrected chi connectivity index (χ1v) is 5.59. The van der Waals surface area contributed by atoms with Crippen molar-refractivity contribution in [1.82, 2.24) is 15.1 Å². The first-order chi connectivity index (χ1) is 8.50. The van der Waals surface area contributed by atoms with Gasteiger partial charge in [-0.25, -0.2) is 0 Å². The first kappa shape index (κ1) is 12.2. The van der Waals surface area contributed by atoms with E-state index in [2.05, 4.69) is 10.2 Å². The van der Waals surface area contributed by atoms with E-state index >= 15 is 0 Å². The van der Waals surface area contributed by atoms with E-state index < -0.39 is 0 Å². The highest BCUT2D eigenvalue weighted by molar-refractivity contribution is 5.97. The van der Waals surface area contributed by atoms with E-state index in [1.807, 2.05) is 13.0 Å². The fraction of sp³-hybridized carbons (Fsp3) is 0.333. The second-order valence-electron chi connectivity index (χ2n) is 4.27. The molecule has 0 bridgehead atoms. The lowest BCUT2D eigenvalue weighted by atomic mass is 10.2. The Labute approximate surface area is 105 Å². The molecule has 2 heterocycles.